The Balaban J connectivity index is 2.07. The van der Waals surface area contributed by atoms with Crippen molar-refractivity contribution in [3.63, 3.8) is 0 Å². The van der Waals surface area contributed by atoms with Gasteiger partial charge in [0.25, 0.3) is 5.92 Å². The molecule has 1 aromatic heterocycles. The van der Waals surface area contributed by atoms with Crippen LogP contribution in [0.3, 0.4) is 0 Å². The summed E-state index contributed by atoms with van der Waals surface area (Å²) in [5.74, 6) is -2.65. The average molecular weight is 286 g/mol. The largest absolute Gasteiger partial charge is 0.364 e. The molecule has 0 bridgehead atoms. The zero-order chi connectivity index (χ0) is 14.0. The molecule has 1 fully saturated rings. The highest BCUT2D eigenvalue weighted by atomic mass is 32.1. The molecule has 0 atom stereocenters. The van der Waals surface area contributed by atoms with Crippen LogP contribution in [0, 0.1) is 0 Å². The van der Waals surface area contributed by atoms with Crippen molar-refractivity contribution in [2.75, 3.05) is 13.1 Å². The van der Waals surface area contributed by atoms with Crippen molar-refractivity contribution in [2.24, 2.45) is 0 Å². The number of nitrogens with zero attached hydrogens (tertiary/aromatic N) is 2. The SMILES string of the molecule is C=C(c1csc(C(=O)CCC)n1)N1CCC(F)(F)C1. The molecule has 6 heteroatoms. The minimum absolute atomic E-state index is 0.00157. The zero-order valence-electron chi connectivity index (χ0n) is 10.8. The minimum Gasteiger partial charge on any atom is -0.364 e. The molecule has 0 saturated carbocycles. The van der Waals surface area contributed by atoms with E-state index >= 15 is 0 Å². The molecule has 0 aromatic carbocycles. The van der Waals surface area contributed by atoms with Crippen LogP contribution in [0.5, 0.6) is 0 Å². The van der Waals surface area contributed by atoms with Crippen molar-refractivity contribution < 1.29 is 13.6 Å². The number of likely N-dealkylation sites (tertiary alicyclic amines) is 1. The lowest BCUT2D eigenvalue weighted by molar-refractivity contribution is 0.0169. The normalized spacial score (nSPS) is 17.7. The molecule has 3 nitrogen and oxygen atoms in total. The monoisotopic (exact) mass is 286 g/mol. The van der Waals surface area contributed by atoms with Crippen molar-refractivity contribution >= 4 is 22.8 Å². The van der Waals surface area contributed by atoms with Crippen LogP contribution < -0.4 is 0 Å². The standard InChI is InChI=1S/C13H16F2N2OS/c1-3-4-11(18)12-16-10(7-19-12)9(2)17-6-5-13(14,15)8-17/h7H,2-6,8H2,1H3. The van der Waals surface area contributed by atoms with Gasteiger partial charge in [0, 0.05) is 24.8 Å². The number of rotatable bonds is 5. The number of thiazole rings is 1. The average Bonchev–Trinajstić information content (AvgIpc) is 2.95. The van der Waals surface area contributed by atoms with Crippen LogP contribution in [0.2, 0.25) is 0 Å². The first kappa shape index (κ1) is 14.1. The molecule has 0 amide bonds. The summed E-state index contributed by atoms with van der Waals surface area (Å²) in [6.45, 7) is 5.71. The van der Waals surface area contributed by atoms with E-state index in [4.69, 9.17) is 0 Å². The molecule has 104 valence electrons. The van der Waals surface area contributed by atoms with E-state index in [-0.39, 0.29) is 25.3 Å². The highest BCUT2D eigenvalue weighted by molar-refractivity contribution is 7.11. The number of hydrogen-bond donors (Lipinski definition) is 0. The third-order valence-electron chi connectivity index (χ3n) is 3.07. The Morgan fingerprint density at radius 2 is 2.37 bits per heavy atom. The quantitative estimate of drug-likeness (QED) is 0.777. The number of carbonyl (C=O) groups excluding carboxylic acids is 1. The van der Waals surface area contributed by atoms with Gasteiger partial charge in [-0.05, 0) is 6.42 Å². The van der Waals surface area contributed by atoms with Gasteiger partial charge >= 0.3 is 0 Å². The summed E-state index contributed by atoms with van der Waals surface area (Å²) < 4.78 is 26.3. The van der Waals surface area contributed by atoms with E-state index < -0.39 is 5.92 Å². The van der Waals surface area contributed by atoms with Gasteiger partial charge in [0.15, 0.2) is 10.8 Å². The Morgan fingerprint density at radius 3 is 2.95 bits per heavy atom. The van der Waals surface area contributed by atoms with Gasteiger partial charge in [-0.3, -0.25) is 4.79 Å². The van der Waals surface area contributed by atoms with Gasteiger partial charge in [0.05, 0.1) is 17.9 Å². The van der Waals surface area contributed by atoms with Crippen LogP contribution in [0.1, 0.15) is 41.7 Å². The molecule has 1 saturated heterocycles. The molecule has 19 heavy (non-hydrogen) atoms. The Hall–Kier alpha value is -1.30. The van der Waals surface area contributed by atoms with Gasteiger partial charge < -0.3 is 4.90 Å². The number of carbonyl (C=O) groups is 1. The first-order valence-corrected chi connectivity index (χ1v) is 7.11. The first-order valence-electron chi connectivity index (χ1n) is 6.24. The number of aromatic nitrogens is 1. The predicted molar refractivity (Wildman–Crippen MR) is 71.5 cm³/mol. The lowest BCUT2D eigenvalue weighted by atomic mass is 10.2. The molecule has 1 aliphatic heterocycles. The van der Waals surface area contributed by atoms with E-state index in [1.54, 1.807) is 5.38 Å². The first-order chi connectivity index (χ1) is 8.93. The van der Waals surface area contributed by atoms with E-state index in [0.717, 1.165) is 6.42 Å². The van der Waals surface area contributed by atoms with Gasteiger partial charge in [-0.25, -0.2) is 13.8 Å². The topological polar surface area (TPSA) is 33.2 Å². The summed E-state index contributed by atoms with van der Waals surface area (Å²) in [7, 11) is 0. The summed E-state index contributed by atoms with van der Waals surface area (Å²) in [4.78, 5) is 17.4. The fraction of sp³-hybridized carbons (Fsp3) is 0.538. The van der Waals surface area contributed by atoms with Gasteiger partial charge in [-0.2, -0.15) is 0 Å². The highest BCUT2D eigenvalue weighted by Crippen LogP contribution is 2.32. The third kappa shape index (κ3) is 3.18. The van der Waals surface area contributed by atoms with Gasteiger partial charge in [0.1, 0.15) is 0 Å². The van der Waals surface area contributed by atoms with Gasteiger partial charge in [-0.1, -0.05) is 13.5 Å². The molecule has 1 aromatic rings. The third-order valence-corrected chi connectivity index (χ3v) is 3.95. The Morgan fingerprint density at radius 1 is 1.63 bits per heavy atom. The van der Waals surface area contributed by atoms with Crippen molar-refractivity contribution in [3.05, 3.63) is 22.7 Å². The van der Waals surface area contributed by atoms with Gasteiger partial charge in [0.2, 0.25) is 0 Å². The van der Waals surface area contributed by atoms with Crippen molar-refractivity contribution in [1.29, 1.82) is 0 Å². The van der Waals surface area contributed by atoms with E-state index in [1.165, 1.54) is 16.2 Å². The summed E-state index contributed by atoms with van der Waals surface area (Å²) >= 11 is 1.25. The van der Waals surface area contributed by atoms with Crippen LogP contribution in [0.25, 0.3) is 5.70 Å². The second kappa shape index (κ2) is 5.36. The lowest BCUT2D eigenvalue weighted by Crippen LogP contribution is -2.23. The molecular formula is C13H16F2N2OS. The zero-order valence-corrected chi connectivity index (χ0v) is 11.6. The van der Waals surface area contributed by atoms with Crippen LogP contribution in [-0.4, -0.2) is 34.7 Å². The smallest absolute Gasteiger partial charge is 0.266 e. The fourth-order valence-corrected chi connectivity index (χ4v) is 2.79. The predicted octanol–water partition coefficient (Wildman–Crippen LogP) is 3.44. The van der Waals surface area contributed by atoms with E-state index in [2.05, 4.69) is 11.6 Å². The number of Topliss-reactive ketones (excluding diaryl/α,β-unsaturated/α-hetero) is 1. The maximum Gasteiger partial charge on any atom is 0.266 e. The van der Waals surface area contributed by atoms with Gasteiger partial charge in [-0.15, -0.1) is 11.3 Å². The molecule has 0 spiro atoms. The van der Waals surface area contributed by atoms with E-state index in [1.807, 2.05) is 6.92 Å². The maximum absolute atomic E-state index is 13.1. The van der Waals surface area contributed by atoms with Crippen LogP contribution >= 0.6 is 11.3 Å². The van der Waals surface area contributed by atoms with E-state index in [9.17, 15) is 13.6 Å². The fourth-order valence-electron chi connectivity index (χ4n) is 2.00. The second-order valence-electron chi connectivity index (χ2n) is 4.69. The summed E-state index contributed by atoms with van der Waals surface area (Å²) in [5, 5.41) is 2.14. The molecular weight excluding hydrogens is 270 g/mol. The van der Waals surface area contributed by atoms with Crippen LogP contribution in [0.15, 0.2) is 12.0 Å². The molecule has 0 radical (unpaired) electrons. The van der Waals surface area contributed by atoms with E-state index in [0.29, 0.717) is 22.8 Å². The number of ketones is 1. The number of alkyl halides is 2. The minimum atomic E-state index is -2.65. The summed E-state index contributed by atoms with van der Waals surface area (Å²) in [5.41, 5.74) is 1.01. The lowest BCUT2D eigenvalue weighted by Gasteiger charge is -2.19. The summed E-state index contributed by atoms with van der Waals surface area (Å²) in [6, 6.07) is 0. The van der Waals surface area contributed by atoms with Crippen LogP contribution in [0.4, 0.5) is 8.78 Å². The number of hydrogen-bond acceptors (Lipinski definition) is 4. The van der Waals surface area contributed by atoms with Crippen molar-refractivity contribution in [1.82, 2.24) is 9.88 Å². The number of halogens is 2. The molecule has 0 aliphatic carbocycles. The Bertz CT molecular complexity index is 499. The second-order valence-corrected chi connectivity index (χ2v) is 5.54. The summed E-state index contributed by atoms with van der Waals surface area (Å²) in [6.07, 6.45) is 1.08. The highest BCUT2D eigenvalue weighted by Gasteiger charge is 2.39. The van der Waals surface area contributed by atoms with Crippen LogP contribution in [-0.2, 0) is 0 Å². The molecule has 0 unspecified atom stereocenters. The Kier molecular flexibility index (Phi) is 3.99. The molecule has 1 aliphatic rings. The Labute approximate surface area is 114 Å². The molecule has 0 N–H and O–H groups in total. The maximum atomic E-state index is 13.1. The van der Waals surface area contributed by atoms with Crippen molar-refractivity contribution in [3.8, 4) is 0 Å². The molecule has 2 rings (SSSR count). The molecule has 2 heterocycles. The van der Waals surface area contributed by atoms with Crippen molar-refractivity contribution in [2.45, 2.75) is 32.1 Å².